The van der Waals surface area contributed by atoms with Gasteiger partial charge >= 0.3 is 12.0 Å². The van der Waals surface area contributed by atoms with E-state index in [-0.39, 0.29) is 0 Å². The van der Waals surface area contributed by atoms with Crippen LogP contribution in [-0.2, 0) is 4.79 Å². The maximum atomic E-state index is 11.6. The SMILES string of the molecule is COc1ccc(NC(=O)NCC(C)(O)C(=O)O)cc1OC. The summed E-state index contributed by atoms with van der Waals surface area (Å²) in [6.45, 7) is 0.660. The first-order valence-electron chi connectivity index (χ1n) is 6.03. The Morgan fingerprint density at radius 1 is 1.24 bits per heavy atom. The second-order valence-electron chi connectivity index (χ2n) is 4.46. The van der Waals surface area contributed by atoms with E-state index in [1.807, 2.05) is 0 Å². The van der Waals surface area contributed by atoms with E-state index in [1.165, 1.54) is 14.2 Å². The molecule has 2 amide bonds. The number of rotatable bonds is 6. The monoisotopic (exact) mass is 298 g/mol. The highest BCUT2D eigenvalue weighted by atomic mass is 16.5. The van der Waals surface area contributed by atoms with Crippen molar-refractivity contribution < 1.29 is 29.3 Å². The quantitative estimate of drug-likeness (QED) is 0.613. The van der Waals surface area contributed by atoms with E-state index in [2.05, 4.69) is 10.6 Å². The summed E-state index contributed by atoms with van der Waals surface area (Å²) >= 11 is 0. The molecule has 0 fully saturated rings. The van der Waals surface area contributed by atoms with Gasteiger partial charge in [0.05, 0.1) is 20.8 Å². The van der Waals surface area contributed by atoms with Crippen molar-refractivity contribution in [2.45, 2.75) is 12.5 Å². The summed E-state index contributed by atoms with van der Waals surface area (Å²) < 4.78 is 10.2. The van der Waals surface area contributed by atoms with E-state index < -0.39 is 24.1 Å². The number of aliphatic carboxylic acids is 1. The molecule has 0 aliphatic rings. The Morgan fingerprint density at radius 3 is 2.38 bits per heavy atom. The largest absolute Gasteiger partial charge is 0.493 e. The minimum Gasteiger partial charge on any atom is -0.493 e. The Hall–Kier alpha value is -2.48. The summed E-state index contributed by atoms with van der Waals surface area (Å²) in [5.74, 6) is -0.473. The van der Waals surface area contributed by atoms with Gasteiger partial charge in [-0.15, -0.1) is 0 Å². The number of anilines is 1. The number of nitrogens with one attached hydrogen (secondary N) is 2. The molecule has 21 heavy (non-hydrogen) atoms. The van der Waals surface area contributed by atoms with Crippen LogP contribution in [0.5, 0.6) is 11.5 Å². The molecule has 1 atom stereocenters. The van der Waals surface area contributed by atoms with Crippen molar-refractivity contribution in [3.63, 3.8) is 0 Å². The van der Waals surface area contributed by atoms with Gasteiger partial charge in [-0.3, -0.25) is 0 Å². The highest BCUT2D eigenvalue weighted by Crippen LogP contribution is 2.29. The number of urea groups is 1. The van der Waals surface area contributed by atoms with Gasteiger partial charge in [0.25, 0.3) is 0 Å². The topological polar surface area (TPSA) is 117 Å². The zero-order valence-corrected chi connectivity index (χ0v) is 12.0. The highest BCUT2D eigenvalue weighted by molar-refractivity contribution is 5.90. The van der Waals surface area contributed by atoms with E-state index in [0.29, 0.717) is 17.2 Å². The summed E-state index contributed by atoms with van der Waals surface area (Å²) in [6.07, 6.45) is 0. The normalized spacial score (nSPS) is 13.0. The lowest BCUT2D eigenvalue weighted by atomic mass is 10.1. The number of aliphatic hydroxyl groups is 1. The van der Waals surface area contributed by atoms with Crippen molar-refractivity contribution in [3.8, 4) is 11.5 Å². The van der Waals surface area contributed by atoms with Crippen LogP contribution in [0.25, 0.3) is 0 Å². The Bertz CT molecular complexity index is 529. The van der Waals surface area contributed by atoms with Crippen molar-refractivity contribution in [1.29, 1.82) is 0 Å². The molecule has 0 radical (unpaired) electrons. The van der Waals surface area contributed by atoms with Crippen LogP contribution < -0.4 is 20.1 Å². The third-order valence-corrected chi connectivity index (χ3v) is 2.70. The molecule has 0 bridgehead atoms. The summed E-state index contributed by atoms with van der Waals surface area (Å²) in [7, 11) is 2.96. The Labute approximate surface area is 121 Å². The summed E-state index contributed by atoms with van der Waals surface area (Å²) in [6, 6.07) is 4.11. The molecule has 0 aliphatic carbocycles. The van der Waals surface area contributed by atoms with Crippen LogP contribution in [0, 0.1) is 0 Å². The van der Waals surface area contributed by atoms with Crippen molar-refractivity contribution in [2.24, 2.45) is 0 Å². The second kappa shape index (κ2) is 6.80. The molecule has 1 rings (SSSR count). The minimum absolute atomic E-state index is 0.429. The van der Waals surface area contributed by atoms with Crippen LogP contribution in [0.4, 0.5) is 10.5 Å². The number of carboxylic acids is 1. The van der Waals surface area contributed by atoms with E-state index in [0.717, 1.165) is 6.92 Å². The van der Waals surface area contributed by atoms with E-state index in [1.54, 1.807) is 18.2 Å². The zero-order chi connectivity index (χ0) is 16.0. The fraction of sp³-hybridized carbons (Fsp3) is 0.385. The number of hydrogen-bond donors (Lipinski definition) is 4. The highest BCUT2D eigenvalue weighted by Gasteiger charge is 2.30. The molecule has 0 spiro atoms. The molecular formula is C13H18N2O6. The third-order valence-electron chi connectivity index (χ3n) is 2.70. The lowest BCUT2D eigenvalue weighted by molar-refractivity contribution is -0.155. The molecule has 0 aliphatic heterocycles. The average Bonchev–Trinajstić information content (AvgIpc) is 2.45. The van der Waals surface area contributed by atoms with Gasteiger partial charge < -0.3 is 30.3 Å². The molecule has 1 unspecified atom stereocenters. The lowest BCUT2D eigenvalue weighted by Crippen LogP contribution is -2.47. The van der Waals surface area contributed by atoms with Crippen molar-refractivity contribution in [3.05, 3.63) is 18.2 Å². The maximum Gasteiger partial charge on any atom is 0.337 e. The lowest BCUT2D eigenvalue weighted by Gasteiger charge is -2.18. The number of amides is 2. The predicted octanol–water partition coefficient (Wildman–Crippen LogP) is 0.661. The van der Waals surface area contributed by atoms with E-state index >= 15 is 0 Å². The molecule has 1 aromatic rings. The Kier molecular flexibility index (Phi) is 5.37. The number of carbonyl (C=O) groups excluding carboxylic acids is 1. The molecule has 1 aromatic carbocycles. The number of methoxy groups -OCH3 is 2. The molecule has 0 aromatic heterocycles. The molecular weight excluding hydrogens is 280 g/mol. The summed E-state index contributed by atoms with van der Waals surface area (Å²) in [4.78, 5) is 22.3. The van der Waals surface area contributed by atoms with Crippen LogP contribution in [0.15, 0.2) is 18.2 Å². The van der Waals surface area contributed by atoms with Gasteiger partial charge in [-0.2, -0.15) is 0 Å². The van der Waals surface area contributed by atoms with Gasteiger partial charge in [0.1, 0.15) is 0 Å². The predicted molar refractivity (Wildman–Crippen MR) is 74.8 cm³/mol. The van der Waals surface area contributed by atoms with Crippen LogP contribution in [-0.4, -0.2) is 48.6 Å². The van der Waals surface area contributed by atoms with Gasteiger partial charge in [0.15, 0.2) is 17.1 Å². The van der Waals surface area contributed by atoms with E-state index in [4.69, 9.17) is 14.6 Å². The minimum atomic E-state index is -2.03. The fourth-order valence-electron chi connectivity index (χ4n) is 1.42. The first-order valence-corrected chi connectivity index (χ1v) is 6.03. The molecule has 4 N–H and O–H groups in total. The first kappa shape index (κ1) is 16.6. The molecule has 8 heteroatoms. The molecule has 8 nitrogen and oxygen atoms in total. The number of benzene rings is 1. The van der Waals surface area contributed by atoms with Gasteiger partial charge in [0, 0.05) is 11.8 Å². The van der Waals surface area contributed by atoms with Crippen molar-refractivity contribution >= 4 is 17.7 Å². The van der Waals surface area contributed by atoms with Crippen LogP contribution in [0.3, 0.4) is 0 Å². The van der Waals surface area contributed by atoms with E-state index in [9.17, 15) is 14.7 Å². The van der Waals surface area contributed by atoms with Crippen LogP contribution >= 0.6 is 0 Å². The van der Waals surface area contributed by atoms with Gasteiger partial charge in [0.2, 0.25) is 0 Å². The number of hydrogen-bond acceptors (Lipinski definition) is 5. The van der Waals surface area contributed by atoms with Crippen LogP contribution in [0.1, 0.15) is 6.92 Å². The van der Waals surface area contributed by atoms with Crippen molar-refractivity contribution in [1.82, 2.24) is 5.32 Å². The molecule has 0 saturated carbocycles. The zero-order valence-electron chi connectivity index (χ0n) is 12.0. The smallest absolute Gasteiger partial charge is 0.337 e. The van der Waals surface area contributed by atoms with Gasteiger partial charge in [-0.1, -0.05) is 0 Å². The first-order chi connectivity index (χ1) is 9.80. The Morgan fingerprint density at radius 2 is 1.86 bits per heavy atom. The number of carboxylic acid groups (broad SMARTS) is 1. The molecule has 0 heterocycles. The van der Waals surface area contributed by atoms with Crippen molar-refractivity contribution in [2.75, 3.05) is 26.1 Å². The van der Waals surface area contributed by atoms with Gasteiger partial charge in [-0.05, 0) is 19.1 Å². The maximum absolute atomic E-state index is 11.6. The average molecular weight is 298 g/mol. The molecule has 116 valence electrons. The summed E-state index contributed by atoms with van der Waals surface area (Å²) in [5, 5.41) is 23.0. The third kappa shape index (κ3) is 4.53. The Balaban J connectivity index is 2.65. The summed E-state index contributed by atoms with van der Waals surface area (Å²) in [5.41, 5.74) is -1.60. The molecule has 0 saturated heterocycles. The standard InChI is InChI=1S/C13H18N2O6/c1-13(19,11(16)17)7-14-12(18)15-8-4-5-9(20-2)10(6-8)21-3/h4-6,19H,7H2,1-3H3,(H,16,17)(H2,14,15,18). The fourth-order valence-corrected chi connectivity index (χ4v) is 1.42. The van der Waals surface area contributed by atoms with Crippen LogP contribution in [0.2, 0.25) is 0 Å². The second-order valence-corrected chi connectivity index (χ2v) is 4.46. The number of carbonyl (C=O) groups is 2. The van der Waals surface area contributed by atoms with Gasteiger partial charge in [-0.25, -0.2) is 9.59 Å². The number of ether oxygens (including phenoxy) is 2.